The van der Waals surface area contributed by atoms with Crippen molar-refractivity contribution in [1.82, 2.24) is 4.40 Å². The Morgan fingerprint density at radius 1 is 1.27 bits per heavy atom. The molecule has 0 aromatic carbocycles. The number of aromatic nitrogens is 1. The molecule has 76 valence electrons. The highest BCUT2D eigenvalue weighted by molar-refractivity contribution is 5.76. The lowest BCUT2D eigenvalue weighted by Gasteiger charge is -2.02. The van der Waals surface area contributed by atoms with E-state index in [1.165, 1.54) is 4.40 Å². The fourth-order valence-corrected chi connectivity index (χ4v) is 1.51. The Morgan fingerprint density at radius 3 is 2.80 bits per heavy atom. The van der Waals surface area contributed by atoms with Crippen molar-refractivity contribution in [2.45, 2.75) is 6.42 Å². The van der Waals surface area contributed by atoms with Crippen molar-refractivity contribution >= 4 is 11.4 Å². The first kappa shape index (κ1) is 9.45. The molecule has 2 aromatic rings. The van der Waals surface area contributed by atoms with E-state index in [-0.39, 0.29) is 12.0 Å². The van der Waals surface area contributed by atoms with Gasteiger partial charge in [0.05, 0.1) is 6.42 Å². The second-order valence-corrected chi connectivity index (χ2v) is 3.30. The molecule has 0 radical (unpaired) electrons. The first-order valence-corrected chi connectivity index (χ1v) is 4.56. The molecule has 0 saturated heterocycles. The number of pyridine rings is 2. The predicted molar refractivity (Wildman–Crippen MR) is 56.6 cm³/mol. The van der Waals surface area contributed by atoms with Crippen molar-refractivity contribution in [2.24, 2.45) is 5.73 Å². The lowest BCUT2D eigenvalue weighted by Crippen LogP contribution is -2.23. The summed E-state index contributed by atoms with van der Waals surface area (Å²) in [5.74, 6) is -0.497. The Morgan fingerprint density at radius 2 is 2.07 bits per heavy atom. The van der Waals surface area contributed by atoms with Crippen LogP contribution in [0.15, 0.2) is 41.3 Å². The van der Waals surface area contributed by atoms with Crippen LogP contribution < -0.4 is 11.3 Å². The Bertz CT molecular complexity index is 572. The van der Waals surface area contributed by atoms with E-state index in [0.717, 1.165) is 5.52 Å². The second kappa shape index (κ2) is 3.57. The average Bonchev–Trinajstić information content (AvgIpc) is 2.22. The number of primary amides is 1. The van der Waals surface area contributed by atoms with E-state index in [1.54, 1.807) is 24.4 Å². The molecule has 4 heteroatoms. The number of carbonyl (C=O) groups is 1. The van der Waals surface area contributed by atoms with Crippen LogP contribution in [0.3, 0.4) is 0 Å². The molecule has 0 atom stereocenters. The van der Waals surface area contributed by atoms with Crippen LogP contribution in [0.5, 0.6) is 0 Å². The average molecular weight is 202 g/mol. The number of carbonyl (C=O) groups excluding carboxylic acids is 1. The van der Waals surface area contributed by atoms with Gasteiger partial charge in [0.1, 0.15) is 0 Å². The number of rotatable bonds is 2. The molecule has 0 aliphatic rings. The van der Waals surface area contributed by atoms with Gasteiger partial charge in [-0.25, -0.2) is 0 Å². The molecular formula is C11H10N2O2. The number of amides is 1. The lowest BCUT2D eigenvalue weighted by molar-refractivity contribution is -0.117. The molecule has 0 aliphatic carbocycles. The quantitative estimate of drug-likeness (QED) is 0.762. The molecule has 2 N–H and O–H groups in total. The molecular weight excluding hydrogens is 192 g/mol. The maximum atomic E-state index is 11.8. The fourth-order valence-electron chi connectivity index (χ4n) is 1.51. The molecule has 0 bridgehead atoms. The van der Waals surface area contributed by atoms with Gasteiger partial charge in [-0.1, -0.05) is 12.1 Å². The summed E-state index contributed by atoms with van der Waals surface area (Å²) in [6.07, 6.45) is 1.65. The molecule has 1 amide bonds. The number of nitrogens with zero attached hydrogens (tertiary/aromatic N) is 1. The minimum absolute atomic E-state index is 0.0172. The van der Waals surface area contributed by atoms with Gasteiger partial charge in [0.15, 0.2) is 0 Å². The Kier molecular flexibility index (Phi) is 2.25. The van der Waals surface area contributed by atoms with Crippen molar-refractivity contribution in [3.05, 3.63) is 52.4 Å². The third-order valence-electron chi connectivity index (χ3n) is 2.20. The number of hydrogen-bond donors (Lipinski definition) is 1. The predicted octanol–water partition coefficient (Wildman–Crippen LogP) is 0.327. The first-order chi connectivity index (χ1) is 7.18. The molecule has 2 aromatic heterocycles. The van der Waals surface area contributed by atoms with Gasteiger partial charge in [0, 0.05) is 17.3 Å². The SMILES string of the molecule is NC(=O)Cc1ccc2ccccn2c1=O. The van der Waals surface area contributed by atoms with Crippen molar-refractivity contribution in [1.29, 1.82) is 0 Å². The summed E-state index contributed by atoms with van der Waals surface area (Å²) in [6, 6.07) is 8.88. The topological polar surface area (TPSA) is 64.6 Å². The summed E-state index contributed by atoms with van der Waals surface area (Å²) in [7, 11) is 0. The van der Waals surface area contributed by atoms with Gasteiger partial charge in [-0.3, -0.25) is 14.0 Å². The first-order valence-electron chi connectivity index (χ1n) is 4.56. The molecule has 2 heterocycles. The maximum Gasteiger partial charge on any atom is 0.258 e. The summed E-state index contributed by atoms with van der Waals surface area (Å²) in [6.45, 7) is 0. The standard InChI is InChI=1S/C11H10N2O2/c12-10(14)7-8-4-5-9-3-1-2-6-13(9)11(8)15/h1-6H,7H2,(H2,12,14). The number of nitrogens with two attached hydrogens (primary N) is 1. The van der Waals surface area contributed by atoms with Crippen LogP contribution in [0.2, 0.25) is 0 Å². The van der Waals surface area contributed by atoms with Gasteiger partial charge in [0.25, 0.3) is 5.56 Å². The van der Waals surface area contributed by atoms with Crippen LogP contribution in [0.1, 0.15) is 5.56 Å². The molecule has 0 spiro atoms. The van der Waals surface area contributed by atoms with Crippen LogP contribution in [0.25, 0.3) is 5.52 Å². The molecule has 15 heavy (non-hydrogen) atoms. The minimum atomic E-state index is -0.497. The summed E-state index contributed by atoms with van der Waals surface area (Å²) in [4.78, 5) is 22.6. The molecule has 0 fully saturated rings. The van der Waals surface area contributed by atoms with Gasteiger partial charge < -0.3 is 5.73 Å². The Balaban J connectivity index is 2.65. The molecule has 0 saturated carbocycles. The summed E-state index contributed by atoms with van der Waals surface area (Å²) in [5, 5.41) is 0. The second-order valence-electron chi connectivity index (χ2n) is 3.30. The van der Waals surface area contributed by atoms with Crippen LogP contribution in [-0.2, 0) is 11.2 Å². The maximum absolute atomic E-state index is 11.8. The molecule has 2 rings (SSSR count). The normalized spacial score (nSPS) is 10.4. The summed E-state index contributed by atoms with van der Waals surface area (Å²) in [5.41, 5.74) is 6.09. The summed E-state index contributed by atoms with van der Waals surface area (Å²) >= 11 is 0. The van der Waals surface area contributed by atoms with E-state index in [1.807, 2.05) is 12.1 Å². The molecule has 0 aliphatic heterocycles. The highest BCUT2D eigenvalue weighted by Crippen LogP contribution is 2.01. The van der Waals surface area contributed by atoms with E-state index >= 15 is 0 Å². The largest absolute Gasteiger partial charge is 0.369 e. The zero-order chi connectivity index (χ0) is 10.8. The van der Waals surface area contributed by atoms with Gasteiger partial charge in [-0.2, -0.15) is 0 Å². The number of fused-ring (bicyclic) bond motifs is 1. The van der Waals surface area contributed by atoms with E-state index in [2.05, 4.69) is 0 Å². The van der Waals surface area contributed by atoms with Crippen LogP contribution in [-0.4, -0.2) is 10.3 Å². The third-order valence-corrected chi connectivity index (χ3v) is 2.20. The smallest absolute Gasteiger partial charge is 0.258 e. The monoisotopic (exact) mass is 202 g/mol. The van der Waals surface area contributed by atoms with Gasteiger partial charge in [0.2, 0.25) is 5.91 Å². The van der Waals surface area contributed by atoms with E-state index in [9.17, 15) is 9.59 Å². The highest BCUT2D eigenvalue weighted by Gasteiger charge is 2.05. The van der Waals surface area contributed by atoms with Gasteiger partial charge >= 0.3 is 0 Å². The van der Waals surface area contributed by atoms with Crippen LogP contribution in [0, 0.1) is 0 Å². The molecule has 4 nitrogen and oxygen atoms in total. The molecule has 0 unspecified atom stereocenters. The van der Waals surface area contributed by atoms with Crippen molar-refractivity contribution < 1.29 is 4.79 Å². The fraction of sp³-hybridized carbons (Fsp3) is 0.0909. The van der Waals surface area contributed by atoms with E-state index in [0.29, 0.717) is 5.56 Å². The van der Waals surface area contributed by atoms with Crippen LogP contribution >= 0.6 is 0 Å². The lowest BCUT2D eigenvalue weighted by atomic mass is 10.2. The zero-order valence-electron chi connectivity index (χ0n) is 8.01. The van der Waals surface area contributed by atoms with Crippen molar-refractivity contribution in [3.8, 4) is 0 Å². The number of hydrogen-bond acceptors (Lipinski definition) is 2. The van der Waals surface area contributed by atoms with Gasteiger partial charge in [-0.15, -0.1) is 0 Å². The minimum Gasteiger partial charge on any atom is -0.369 e. The van der Waals surface area contributed by atoms with Gasteiger partial charge in [-0.05, 0) is 18.2 Å². The van der Waals surface area contributed by atoms with Crippen molar-refractivity contribution in [2.75, 3.05) is 0 Å². The Labute approximate surface area is 86.0 Å². The van der Waals surface area contributed by atoms with E-state index < -0.39 is 5.91 Å². The van der Waals surface area contributed by atoms with E-state index in [4.69, 9.17) is 5.73 Å². The summed E-state index contributed by atoms with van der Waals surface area (Å²) < 4.78 is 1.50. The Hall–Kier alpha value is -2.10. The van der Waals surface area contributed by atoms with Crippen LogP contribution in [0.4, 0.5) is 0 Å². The van der Waals surface area contributed by atoms with Crippen molar-refractivity contribution in [3.63, 3.8) is 0 Å². The highest BCUT2D eigenvalue weighted by atomic mass is 16.1. The third kappa shape index (κ3) is 1.74. The zero-order valence-corrected chi connectivity index (χ0v) is 8.01.